The van der Waals surface area contributed by atoms with Crippen molar-refractivity contribution >= 4 is 50.4 Å². The lowest BCUT2D eigenvalue weighted by molar-refractivity contribution is -0.133. The van der Waals surface area contributed by atoms with Crippen molar-refractivity contribution in [1.29, 1.82) is 0 Å². The fourth-order valence-corrected chi connectivity index (χ4v) is 14.1. The summed E-state index contributed by atoms with van der Waals surface area (Å²) in [7, 11) is 0. The van der Waals surface area contributed by atoms with E-state index < -0.39 is 76.8 Å². The molecule has 6 heterocycles. The van der Waals surface area contributed by atoms with Crippen molar-refractivity contribution < 1.29 is 40.7 Å². The Morgan fingerprint density at radius 1 is 0.525 bits per heavy atom. The smallest absolute Gasteiger partial charge is 0.299 e. The highest BCUT2D eigenvalue weighted by Gasteiger charge is 2.44. The summed E-state index contributed by atoms with van der Waals surface area (Å²) in [5.41, 5.74) is 4.76. The fourth-order valence-electron chi connectivity index (χ4n) is 14.1. The summed E-state index contributed by atoms with van der Waals surface area (Å²) < 4.78 is 90.9. The zero-order valence-electron chi connectivity index (χ0n) is 46.5. The third-order valence-corrected chi connectivity index (χ3v) is 17.7. The van der Waals surface area contributed by atoms with Crippen LogP contribution in [0.25, 0.3) is 32.7 Å². The molecule has 0 bridgehead atoms. The third-order valence-electron chi connectivity index (χ3n) is 17.7. The molecule has 0 fully saturated rings. The van der Waals surface area contributed by atoms with Gasteiger partial charge in [-0.15, -0.1) is 19.3 Å². The highest BCUT2D eigenvalue weighted by Crippen LogP contribution is 2.47. The number of amides is 3. The molecule has 3 aromatic carbocycles. The van der Waals surface area contributed by atoms with E-state index in [4.69, 9.17) is 19.3 Å². The Hall–Kier alpha value is -7.05. The van der Waals surface area contributed by atoms with Crippen LogP contribution in [0.5, 0.6) is 0 Å². The molecule has 0 spiro atoms. The van der Waals surface area contributed by atoms with E-state index in [1.165, 1.54) is 18.2 Å². The maximum absolute atomic E-state index is 15.7. The van der Waals surface area contributed by atoms with E-state index in [1.807, 2.05) is 13.8 Å². The number of unbranched alkanes of at least 4 members (excludes halogenated alkanes) is 2. The van der Waals surface area contributed by atoms with Crippen LogP contribution < -0.4 is 0 Å². The molecule has 3 amide bonds. The average Bonchev–Trinajstić information content (AvgIpc) is 4.31. The summed E-state index contributed by atoms with van der Waals surface area (Å²) in [4.78, 5) is 56.7. The molecule has 0 saturated heterocycles. The summed E-state index contributed by atoms with van der Waals surface area (Å²) in [5.74, 6) is 1.54. The van der Waals surface area contributed by atoms with Crippen molar-refractivity contribution in [3.63, 3.8) is 0 Å². The molecule has 422 valence electrons. The summed E-state index contributed by atoms with van der Waals surface area (Å²) in [6.07, 6.45) is 28.5. The van der Waals surface area contributed by atoms with Gasteiger partial charge in [0.05, 0.1) is 34.7 Å². The zero-order chi connectivity index (χ0) is 57.3. The van der Waals surface area contributed by atoms with Gasteiger partial charge in [0.25, 0.3) is 17.7 Å². The molecule has 2 unspecified atom stereocenters. The van der Waals surface area contributed by atoms with E-state index in [0.717, 1.165) is 73.4 Å². The molecule has 80 heavy (non-hydrogen) atoms. The second-order valence-corrected chi connectivity index (χ2v) is 23.3. The van der Waals surface area contributed by atoms with Gasteiger partial charge < -0.3 is 29.7 Å². The van der Waals surface area contributed by atoms with Crippen molar-refractivity contribution in [3.8, 4) is 37.0 Å². The van der Waals surface area contributed by atoms with Gasteiger partial charge in [0, 0.05) is 69.6 Å². The van der Waals surface area contributed by atoms with Gasteiger partial charge in [0.2, 0.25) is 0 Å². The van der Waals surface area contributed by atoms with Gasteiger partial charge in [-0.2, -0.15) is 0 Å². The molecule has 6 aromatic rings. The number of benzene rings is 3. The Labute approximate surface area is 465 Å². The lowest BCUT2D eigenvalue weighted by atomic mass is 9.78. The van der Waals surface area contributed by atoms with Crippen molar-refractivity contribution in [2.24, 2.45) is 17.8 Å². The monoisotopic (exact) mass is 1100 g/mol. The van der Waals surface area contributed by atoms with Crippen LogP contribution in [0, 0.1) is 89.7 Å². The summed E-state index contributed by atoms with van der Waals surface area (Å²) >= 11 is 0. The number of hydrogen-bond donors (Lipinski definition) is 3. The number of hydrogen-bond acceptors (Lipinski definition) is 3. The highest BCUT2D eigenvalue weighted by molar-refractivity contribution is 5.96. The quantitative estimate of drug-likeness (QED) is 0.0402. The number of halogens is 6. The first-order valence-corrected chi connectivity index (χ1v) is 28.8. The molecule has 0 aliphatic carbocycles. The van der Waals surface area contributed by atoms with Crippen molar-refractivity contribution in [2.45, 2.75) is 186 Å². The average molecular weight is 1100 g/mol. The minimum atomic E-state index is -0.746. The highest BCUT2D eigenvalue weighted by atomic mass is 19.2. The number of terminal acetylenes is 3. The zero-order valence-corrected chi connectivity index (χ0v) is 46.5. The molecular formula is C65H72F6N6O3. The van der Waals surface area contributed by atoms with Crippen LogP contribution in [0.15, 0.2) is 36.4 Å². The van der Waals surface area contributed by atoms with E-state index in [2.05, 4.69) is 53.5 Å². The van der Waals surface area contributed by atoms with Crippen molar-refractivity contribution in [1.82, 2.24) is 29.7 Å². The lowest BCUT2D eigenvalue weighted by Gasteiger charge is -2.45. The van der Waals surface area contributed by atoms with Gasteiger partial charge >= 0.3 is 0 Å². The number of aromatic nitrogens is 3. The number of rotatable bonds is 20. The first-order valence-electron chi connectivity index (χ1n) is 28.8. The van der Waals surface area contributed by atoms with Crippen LogP contribution in [0.2, 0.25) is 0 Å². The molecular weight excluding hydrogens is 1030 g/mol. The topological polar surface area (TPSA) is 108 Å². The first-order chi connectivity index (χ1) is 38.4. The summed E-state index contributed by atoms with van der Waals surface area (Å²) in [6, 6.07) is 3.84. The Kier molecular flexibility index (Phi) is 17.5. The molecule has 9 rings (SSSR count). The lowest BCUT2D eigenvalue weighted by Crippen LogP contribution is -2.50. The second-order valence-electron chi connectivity index (χ2n) is 23.3. The van der Waals surface area contributed by atoms with E-state index in [1.54, 1.807) is 14.7 Å². The minimum absolute atomic E-state index is 0.152. The maximum Gasteiger partial charge on any atom is 0.299 e. The Balaban J connectivity index is 0.955. The van der Waals surface area contributed by atoms with E-state index in [-0.39, 0.29) is 52.8 Å². The van der Waals surface area contributed by atoms with Crippen LogP contribution in [-0.4, -0.2) is 65.5 Å². The van der Waals surface area contributed by atoms with Gasteiger partial charge in [-0.1, -0.05) is 79.6 Å². The molecule has 3 aliphatic rings. The van der Waals surface area contributed by atoms with Crippen molar-refractivity contribution in [3.05, 3.63) is 105 Å². The Morgan fingerprint density at radius 3 is 1.46 bits per heavy atom. The van der Waals surface area contributed by atoms with E-state index >= 15 is 17.6 Å². The summed E-state index contributed by atoms with van der Waals surface area (Å²) in [5, 5.41) is 1.32. The first kappa shape index (κ1) is 57.6. The van der Waals surface area contributed by atoms with Crippen LogP contribution >= 0.6 is 0 Å². The van der Waals surface area contributed by atoms with Gasteiger partial charge in [0.15, 0.2) is 0 Å². The van der Waals surface area contributed by atoms with Crippen LogP contribution in [0.4, 0.5) is 26.3 Å². The Bertz CT molecular complexity index is 3440. The van der Waals surface area contributed by atoms with E-state index in [9.17, 15) is 23.2 Å². The van der Waals surface area contributed by atoms with Gasteiger partial charge in [-0.05, 0) is 141 Å². The SMILES string of the molecule is C#CC(=O)N1[C@@H](CCCC)Cc2c([nH]c3c(F)cc(F)cc23)[C@@H]1CCCC(CCC)[C@H]1Cc2c([nH]c3c(F)cc(F)cc23)[C@H](CCCCC(C)CC[C@H]2Cc3c([nH]c4c(F)cc(F)cc34)[C@H](CC(C)C)N2C(=O)C#C)N1C(=O)C#C. The van der Waals surface area contributed by atoms with E-state index in [0.29, 0.717) is 104 Å². The number of nitrogens with one attached hydrogen (secondary N) is 3. The van der Waals surface area contributed by atoms with Crippen molar-refractivity contribution in [2.75, 3.05) is 0 Å². The number of H-pyrrole nitrogens is 3. The second kappa shape index (κ2) is 24.4. The standard InChI is InChI=1S/C65H72F6N6O3/c1-9-14-21-42-33-47-44-27-39(66)30-50(69)60(44)72-63(47)53(75(42)57(78)11-3)23-17-20-38(18-10-2)55-35-49-46-29-41(68)32-52(71)62(46)73-64(49)54(77(55)59(80)13-5)22-16-15-19-37(8)24-25-43-34-48-45-28-40(67)31-51(70)61(45)74-65(48)56(26-36(6)7)76(43)58(79)12-4/h3-5,27-32,36-38,42-43,53-56,72-74H,9-10,14-26,33-35H2,1-2,6-8H3/t37?,38?,42-,43-,53-,54-,55+,56-/m0/s1. The fraction of sp³-hybridized carbons (Fsp3) is 0.492. The molecule has 15 heteroatoms. The predicted molar refractivity (Wildman–Crippen MR) is 300 cm³/mol. The predicted octanol–water partition coefficient (Wildman–Crippen LogP) is 14.4. The third kappa shape index (κ3) is 11.2. The number of fused-ring (bicyclic) bond motifs is 9. The molecule has 3 aliphatic heterocycles. The molecule has 8 atom stereocenters. The maximum atomic E-state index is 15.7. The van der Waals surface area contributed by atoms with Gasteiger partial charge in [0.1, 0.15) is 34.9 Å². The molecule has 3 N–H and O–H groups in total. The van der Waals surface area contributed by atoms with Gasteiger partial charge in [-0.25, -0.2) is 26.3 Å². The normalized spacial score (nSPS) is 20.6. The number of nitrogens with zero attached hydrogens (tertiary/aromatic N) is 3. The number of carbonyl (C=O) groups is 3. The number of aromatic amines is 3. The van der Waals surface area contributed by atoms with Gasteiger partial charge in [-0.3, -0.25) is 14.4 Å². The molecule has 3 aromatic heterocycles. The molecule has 0 radical (unpaired) electrons. The largest absolute Gasteiger partial charge is 0.354 e. The summed E-state index contributed by atoms with van der Waals surface area (Å²) in [6.45, 7) is 10.4. The molecule has 0 saturated carbocycles. The number of carbonyl (C=O) groups excluding carboxylic acids is 3. The molecule has 9 nitrogen and oxygen atoms in total. The minimum Gasteiger partial charge on any atom is -0.354 e. The van der Waals surface area contributed by atoms with Crippen LogP contribution in [0.1, 0.15) is 183 Å². The van der Waals surface area contributed by atoms with Crippen LogP contribution in [0.3, 0.4) is 0 Å². The van der Waals surface area contributed by atoms with Crippen LogP contribution in [-0.2, 0) is 33.6 Å². The Morgan fingerprint density at radius 2 is 0.975 bits per heavy atom.